The Labute approximate surface area is 155 Å². The summed E-state index contributed by atoms with van der Waals surface area (Å²) in [7, 11) is 0. The number of aryl methyl sites for hydroxylation is 2. The molecule has 1 aliphatic rings. The van der Waals surface area contributed by atoms with E-state index < -0.39 is 0 Å². The maximum Gasteiger partial charge on any atom is 0.260 e. The molecular formula is C20H22N2OS2. The largest absolute Gasteiger partial charge is 0.301 e. The van der Waals surface area contributed by atoms with Crippen LogP contribution in [0.3, 0.4) is 0 Å². The fourth-order valence-electron chi connectivity index (χ4n) is 3.42. The van der Waals surface area contributed by atoms with Crippen LogP contribution in [-0.4, -0.2) is 15.7 Å². The number of hydrogen-bond donors (Lipinski definition) is 1. The van der Waals surface area contributed by atoms with Gasteiger partial charge in [-0.15, -0.1) is 11.3 Å². The molecule has 0 unspecified atom stereocenters. The topological polar surface area (TPSA) is 45.8 Å². The first-order chi connectivity index (χ1) is 12.3. The minimum atomic E-state index is -0.0158. The molecule has 2 heterocycles. The van der Waals surface area contributed by atoms with Gasteiger partial charge in [0.05, 0.1) is 5.39 Å². The Kier molecular flexibility index (Phi) is 4.95. The molecule has 5 heteroatoms. The van der Waals surface area contributed by atoms with Crippen LogP contribution in [0.1, 0.15) is 43.7 Å². The first-order valence-electron chi connectivity index (χ1n) is 9.02. The lowest BCUT2D eigenvalue weighted by Gasteiger charge is -2.16. The van der Waals surface area contributed by atoms with Crippen LogP contribution in [0.15, 0.2) is 33.5 Å². The first-order valence-corrected chi connectivity index (χ1v) is 10.9. The number of aromatic amines is 1. The van der Waals surface area contributed by atoms with Crippen molar-refractivity contribution in [3.8, 4) is 11.1 Å². The van der Waals surface area contributed by atoms with Gasteiger partial charge in [0.1, 0.15) is 4.83 Å². The number of thioether (sulfide) groups is 1. The SMILES string of the molecule is CCCCSc1nc2scc(-c3ccc4c(c3)CCCC4)c2c(=O)[nH]1. The molecule has 0 atom stereocenters. The van der Waals surface area contributed by atoms with Gasteiger partial charge in [-0.1, -0.05) is 43.3 Å². The highest BCUT2D eigenvalue weighted by Crippen LogP contribution is 2.34. The number of hydrogen-bond acceptors (Lipinski definition) is 4. The summed E-state index contributed by atoms with van der Waals surface area (Å²) < 4.78 is 0. The number of benzene rings is 1. The third-order valence-corrected chi connectivity index (χ3v) is 6.65. The second-order valence-corrected chi connectivity index (χ2v) is 8.53. The predicted octanol–water partition coefficient (Wildman–Crippen LogP) is 5.42. The number of rotatable bonds is 5. The average Bonchev–Trinajstić information content (AvgIpc) is 3.06. The van der Waals surface area contributed by atoms with E-state index in [1.165, 1.54) is 30.4 Å². The van der Waals surface area contributed by atoms with Crippen molar-refractivity contribution in [1.82, 2.24) is 9.97 Å². The number of nitrogens with zero attached hydrogens (tertiary/aromatic N) is 1. The molecule has 0 saturated heterocycles. The Balaban J connectivity index is 1.72. The molecule has 3 nitrogen and oxygen atoms in total. The Bertz CT molecular complexity index is 958. The maximum atomic E-state index is 12.7. The second-order valence-electron chi connectivity index (χ2n) is 6.59. The maximum absolute atomic E-state index is 12.7. The van der Waals surface area contributed by atoms with Crippen molar-refractivity contribution >= 4 is 33.3 Å². The zero-order valence-electron chi connectivity index (χ0n) is 14.4. The van der Waals surface area contributed by atoms with Crippen LogP contribution in [0, 0.1) is 0 Å². The van der Waals surface area contributed by atoms with Gasteiger partial charge in [-0.05, 0) is 48.8 Å². The van der Waals surface area contributed by atoms with Crippen molar-refractivity contribution in [2.45, 2.75) is 50.6 Å². The van der Waals surface area contributed by atoms with Crippen LogP contribution >= 0.6 is 23.1 Å². The van der Waals surface area contributed by atoms with Gasteiger partial charge in [-0.2, -0.15) is 0 Å². The molecule has 0 radical (unpaired) electrons. The minimum Gasteiger partial charge on any atom is -0.301 e. The number of thiophene rings is 1. The van der Waals surface area contributed by atoms with E-state index in [0.717, 1.165) is 51.5 Å². The van der Waals surface area contributed by atoms with Crippen molar-refractivity contribution in [3.05, 3.63) is 45.1 Å². The molecule has 0 spiro atoms. The summed E-state index contributed by atoms with van der Waals surface area (Å²) in [5.41, 5.74) is 5.06. The van der Waals surface area contributed by atoms with Crippen molar-refractivity contribution in [3.63, 3.8) is 0 Å². The Morgan fingerprint density at radius 3 is 2.92 bits per heavy atom. The molecule has 4 rings (SSSR count). The van der Waals surface area contributed by atoms with Gasteiger partial charge in [0.15, 0.2) is 5.16 Å². The molecule has 25 heavy (non-hydrogen) atoms. The van der Waals surface area contributed by atoms with Gasteiger partial charge < -0.3 is 4.98 Å². The summed E-state index contributed by atoms with van der Waals surface area (Å²) in [4.78, 5) is 21.2. The lowest BCUT2D eigenvalue weighted by molar-refractivity contribution is 0.686. The fourth-order valence-corrected chi connectivity index (χ4v) is 5.38. The van der Waals surface area contributed by atoms with E-state index in [2.05, 4.69) is 40.5 Å². The smallest absolute Gasteiger partial charge is 0.260 e. The van der Waals surface area contributed by atoms with E-state index in [0.29, 0.717) is 0 Å². The Morgan fingerprint density at radius 2 is 2.08 bits per heavy atom. The lowest BCUT2D eigenvalue weighted by Crippen LogP contribution is -2.09. The molecule has 0 fully saturated rings. The zero-order chi connectivity index (χ0) is 17.2. The molecule has 0 saturated carbocycles. The summed E-state index contributed by atoms with van der Waals surface area (Å²) in [6.07, 6.45) is 7.17. The van der Waals surface area contributed by atoms with Gasteiger partial charge in [-0.25, -0.2) is 4.98 Å². The third kappa shape index (κ3) is 3.40. The minimum absolute atomic E-state index is 0.0158. The highest BCUT2D eigenvalue weighted by molar-refractivity contribution is 7.99. The van der Waals surface area contributed by atoms with Gasteiger partial charge >= 0.3 is 0 Å². The standard InChI is InChI=1S/C20H22N2OS2/c1-2-3-10-24-20-21-18(23)17-16(12-25-19(17)22-20)15-9-8-13-6-4-5-7-14(13)11-15/h8-9,11-12H,2-7,10H2,1H3,(H,21,22,23). The van der Waals surface area contributed by atoms with Crippen LogP contribution in [0.2, 0.25) is 0 Å². The lowest BCUT2D eigenvalue weighted by atomic mass is 9.89. The number of nitrogens with one attached hydrogen (secondary N) is 1. The summed E-state index contributed by atoms with van der Waals surface area (Å²) >= 11 is 3.21. The Hall–Kier alpha value is -1.59. The van der Waals surface area contributed by atoms with Crippen LogP contribution < -0.4 is 5.56 Å². The third-order valence-electron chi connectivity index (χ3n) is 4.82. The number of unbranched alkanes of at least 4 members (excludes halogenated alkanes) is 1. The summed E-state index contributed by atoms with van der Waals surface area (Å²) in [5.74, 6) is 0.994. The van der Waals surface area contributed by atoms with Crippen molar-refractivity contribution in [1.29, 1.82) is 0 Å². The van der Waals surface area contributed by atoms with Crippen LogP contribution in [0.4, 0.5) is 0 Å². The monoisotopic (exact) mass is 370 g/mol. The van der Waals surface area contributed by atoms with E-state index >= 15 is 0 Å². The molecule has 0 amide bonds. The molecule has 130 valence electrons. The fraction of sp³-hybridized carbons (Fsp3) is 0.400. The number of fused-ring (bicyclic) bond motifs is 2. The zero-order valence-corrected chi connectivity index (χ0v) is 16.1. The average molecular weight is 371 g/mol. The normalized spacial score (nSPS) is 14.0. The summed E-state index contributed by atoms with van der Waals surface area (Å²) in [6.45, 7) is 2.17. The van der Waals surface area contributed by atoms with E-state index in [9.17, 15) is 4.79 Å². The molecule has 0 aliphatic heterocycles. The first kappa shape index (κ1) is 16.9. The number of H-pyrrole nitrogens is 1. The van der Waals surface area contributed by atoms with Crippen molar-refractivity contribution in [2.24, 2.45) is 0 Å². The van der Waals surface area contributed by atoms with Crippen LogP contribution in [0.5, 0.6) is 0 Å². The second kappa shape index (κ2) is 7.34. The van der Waals surface area contributed by atoms with Gasteiger partial charge in [0, 0.05) is 16.7 Å². The molecule has 1 aliphatic carbocycles. The molecule has 3 aromatic rings. The predicted molar refractivity (Wildman–Crippen MR) is 108 cm³/mol. The van der Waals surface area contributed by atoms with E-state index in [4.69, 9.17) is 0 Å². The quantitative estimate of drug-likeness (QED) is 0.370. The highest BCUT2D eigenvalue weighted by Gasteiger charge is 2.15. The summed E-state index contributed by atoms with van der Waals surface area (Å²) in [6, 6.07) is 6.68. The van der Waals surface area contributed by atoms with Crippen LogP contribution in [-0.2, 0) is 12.8 Å². The summed E-state index contributed by atoms with van der Waals surface area (Å²) in [5, 5.41) is 3.56. The van der Waals surface area contributed by atoms with E-state index in [-0.39, 0.29) is 5.56 Å². The molecule has 1 aromatic carbocycles. The van der Waals surface area contributed by atoms with Gasteiger partial charge in [0.2, 0.25) is 0 Å². The molecular weight excluding hydrogens is 348 g/mol. The van der Waals surface area contributed by atoms with Crippen LogP contribution in [0.25, 0.3) is 21.3 Å². The number of aromatic nitrogens is 2. The van der Waals surface area contributed by atoms with E-state index in [1.807, 2.05) is 0 Å². The Morgan fingerprint density at radius 1 is 1.24 bits per heavy atom. The van der Waals surface area contributed by atoms with Gasteiger partial charge in [0.25, 0.3) is 5.56 Å². The molecule has 2 aromatic heterocycles. The van der Waals surface area contributed by atoms with E-state index in [1.54, 1.807) is 23.1 Å². The van der Waals surface area contributed by atoms with Crippen molar-refractivity contribution in [2.75, 3.05) is 5.75 Å². The van der Waals surface area contributed by atoms with Crippen molar-refractivity contribution < 1.29 is 0 Å². The highest BCUT2D eigenvalue weighted by atomic mass is 32.2. The van der Waals surface area contributed by atoms with Gasteiger partial charge in [-0.3, -0.25) is 4.79 Å². The molecule has 0 bridgehead atoms. The molecule has 1 N–H and O–H groups in total.